The van der Waals surface area contributed by atoms with Crippen molar-refractivity contribution in [3.8, 4) is 0 Å². The zero-order chi connectivity index (χ0) is 11.1. The van der Waals surface area contributed by atoms with Crippen LogP contribution in [0.2, 0.25) is 0 Å². The molecule has 1 fully saturated rings. The first-order valence-corrected chi connectivity index (χ1v) is 5.49. The van der Waals surface area contributed by atoms with Gasteiger partial charge in [-0.2, -0.15) is 0 Å². The Hall–Kier alpha value is -0.870. The van der Waals surface area contributed by atoms with Gasteiger partial charge in [-0.05, 0) is 33.9 Å². The fraction of sp³-hybridized carbons (Fsp3) is 0.727. The second-order valence-electron chi connectivity index (χ2n) is 5.16. The summed E-state index contributed by atoms with van der Waals surface area (Å²) < 4.78 is 0. The quantitative estimate of drug-likeness (QED) is 0.763. The van der Waals surface area contributed by atoms with Crippen LogP contribution in [0.4, 0.5) is 0 Å². The Bertz CT molecular complexity index is 337. The maximum absolute atomic E-state index is 5.99. The minimum atomic E-state index is -0.372. The van der Waals surface area contributed by atoms with Gasteiger partial charge in [0.15, 0.2) is 0 Å². The molecule has 1 unspecified atom stereocenters. The van der Waals surface area contributed by atoms with Crippen LogP contribution in [0.5, 0.6) is 0 Å². The van der Waals surface area contributed by atoms with E-state index in [1.165, 1.54) is 18.7 Å². The first-order valence-electron chi connectivity index (χ1n) is 5.49. The van der Waals surface area contributed by atoms with Crippen LogP contribution in [0.3, 0.4) is 0 Å². The molecule has 3 N–H and O–H groups in total. The van der Waals surface area contributed by atoms with Gasteiger partial charge >= 0.3 is 0 Å². The first kappa shape index (κ1) is 10.6. The lowest BCUT2D eigenvalue weighted by atomic mass is 10.1. The number of hydrogen-bond acceptors (Lipinski definition) is 3. The number of nitrogens with one attached hydrogen (secondary N) is 1. The third-order valence-electron chi connectivity index (χ3n) is 3.04. The van der Waals surface area contributed by atoms with E-state index in [2.05, 4.69) is 21.9 Å². The number of nitrogens with two attached hydrogens (primary N) is 1. The summed E-state index contributed by atoms with van der Waals surface area (Å²) in [5, 5.41) is 0. The average Bonchev–Trinajstić information content (AvgIpc) is 2.69. The topological polar surface area (TPSA) is 57.9 Å². The van der Waals surface area contributed by atoms with Crippen LogP contribution in [-0.4, -0.2) is 35.0 Å². The van der Waals surface area contributed by atoms with Crippen molar-refractivity contribution >= 4 is 0 Å². The van der Waals surface area contributed by atoms with Crippen LogP contribution in [0.1, 0.15) is 37.7 Å². The summed E-state index contributed by atoms with van der Waals surface area (Å²) in [5.74, 6) is 1.48. The van der Waals surface area contributed by atoms with E-state index in [9.17, 15) is 0 Å². The van der Waals surface area contributed by atoms with Crippen molar-refractivity contribution in [2.45, 2.75) is 31.7 Å². The highest BCUT2D eigenvalue weighted by Gasteiger charge is 2.25. The Morgan fingerprint density at radius 2 is 2.33 bits per heavy atom. The average molecular weight is 208 g/mol. The van der Waals surface area contributed by atoms with Crippen molar-refractivity contribution in [2.24, 2.45) is 5.73 Å². The second kappa shape index (κ2) is 3.61. The first-order chi connectivity index (χ1) is 6.97. The number of rotatable bonds is 2. The molecular formula is C11H20N4. The molecule has 15 heavy (non-hydrogen) atoms. The molecule has 84 valence electrons. The lowest BCUT2D eigenvalue weighted by Gasteiger charge is -2.15. The van der Waals surface area contributed by atoms with Gasteiger partial charge in [-0.3, -0.25) is 0 Å². The largest absolute Gasteiger partial charge is 0.344 e. The SMILES string of the molecule is CN1CCC(c2cnc(C(C)(C)N)[nH]2)C1. The maximum atomic E-state index is 5.99. The summed E-state index contributed by atoms with van der Waals surface area (Å²) in [6.07, 6.45) is 3.15. The van der Waals surface area contributed by atoms with Crippen molar-refractivity contribution in [2.75, 3.05) is 20.1 Å². The summed E-state index contributed by atoms with van der Waals surface area (Å²) in [6, 6.07) is 0. The minimum absolute atomic E-state index is 0.372. The van der Waals surface area contributed by atoms with Crippen LogP contribution in [0.15, 0.2) is 6.20 Å². The molecule has 2 rings (SSSR count). The van der Waals surface area contributed by atoms with Crippen molar-refractivity contribution in [1.82, 2.24) is 14.9 Å². The van der Waals surface area contributed by atoms with Crippen molar-refractivity contribution < 1.29 is 0 Å². The molecule has 2 heterocycles. The maximum Gasteiger partial charge on any atom is 0.125 e. The predicted molar refractivity (Wildman–Crippen MR) is 60.7 cm³/mol. The van der Waals surface area contributed by atoms with Gasteiger partial charge in [0.25, 0.3) is 0 Å². The molecule has 1 aliphatic rings. The van der Waals surface area contributed by atoms with Gasteiger partial charge in [0.1, 0.15) is 5.82 Å². The normalized spacial score (nSPS) is 23.6. The molecule has 0 bridgehead atoms. The summed E-state index contributed by atoms with van der Waals surface area (Å²) in [7, 11) is 2.16. The Balaban J connectivity index is 2.14. The van der Waals surface area contributed by atoms with Crippen LogP contribution in [0.25, 0.3) is 0 Å². The van der Waals surface area contributed by atoms with Gasteiger partial charge < -0.3 is 15.6 Å². The number of likely N-dealkylation sites (tertiary alicyclic amines) is 1. The highest BCUT2D eigenvalue weighted by atomic mass is 15.1. The van der Waals surface area contributed by atoms with E-state index in [-0.39, 0.29) is 5.54 Å². The third-order valence-corrected chi connectivity index (χ3v) is 3.04. The van der Waals surface area contributed by atoms with E-state index in [0.29, 0.717) is 5.92 Å². The third kappa shape index (κ3) is 2.21. The van der Waals surface area contributed by atoms with Crippen molar-refractivity contribution in [3.63, 3.8) is 0 Å². The molecule has 0 aromatic carbocycles. The van der Waals surface area contributed by atoms with Gasteiger partial charge in [-0.15, -0.1) is 0 Å². The molecule has 4 nitrogen and oxygen atoms in total. The van der Waals surface area contributed by atoms with Crippen molar-refractivity contribution in [1.29, 1.82) is 0 Å². The molecule has 0 spiro atoms. The molecule has 0 radical (unpaired) electrons. The van der Waals surface area contributed by atoms with Crippen molar-refractivity contribution in [3.05, 3.63) is 17.7 Å². The van der Waals surface area contributed by atoms with Gasteiger partial charge in [0, 0.05) is 24.4 Å². The Labute approximate surface area is 90.9 Å². The van der Waals surface area contributed by atoms with Gasteiger partial charge in [0.2, 0.25) is 0 Å². The van der Waals surface area contributed by atoms with E-state index in [1.807, 2.05) is 20.0 Å². The van der Waals surface area contributed by atoms with E-state index in [4.69, 9.17) is 5.73 Å². The molecule has 1 aromatic rings. The summed E-state index contributed by atoms with van der Waals surface area (Å²) >= 11 is 0. The zero-order valence-electron chi connectivity index (χ0n) is 9.75. The fourth-order valence-corrected chi connectivity index (χ4v) is 2.06. The zero-order valence-corrected chi connectivity index (χ0v) is 9.75. The number of imidazole rings is 1. The van der Waals surface area contributed by atoms with E-state index in [1.54, 1.807) is 0 Å². The van der Waals surface area contributed by atoms with Gasteiger partial charge in [-0.1, -0.05) is 0 Å². The van der Waals surface area contributed by atoms with E-state index in [0.717, 1.165) is 12.4 Å². The van der Waals surface area contributed by atoms with Gasteiger partial charge in [-0.25, -0.2) is 4.98 Å². The monoisotopic (exact) mass is 208 g/mol. The molecule has 1 saturated heterocycles. The number of likely N-dealkylation sites (N-methyl/N-ethyl adjacent to an activating group) is 1. The molecular weight excluding hydrogens is 188 g/mol. The standard InChI is InChI=1S/C11H20N4/c1-11(2,12)10-13-6-9(14-10)8-4-5-15(3)7-8/h6,8H,4-5,7,12H2,1-3H3,(H,13,14). The molecule has 1 aliphatic heterocycles. The van der Waals surface area contributed by atoms with Gasteiger partial charge in [0.05, 0.1) is 5.54 Å². The number of nitrogens with zero attached hydrogens (tertiary/aromatic N) is 2. The summed E-state index contributed by atoms with van der Waals surface area (Å²) in [5.41, 5.74) is 6.85. The smallest absolute Gasteiger partial charge is 0.125 e. The predicted octanol–water partition coefficient (Wildman–Crippen LogP) is 1.02. The molecule has 0 saturated carbocycles. The number of aromatic amines is 1. The highest BCUT2D eigenvalue weighted by Crippen LogP contribution is 2.26. The molecule has 1 atom stereocenters. The minimum Gasteiger partial charge on any atom is -0.344 e. The highest BCUT2D eigenvalue weighted by molar-refractivity contribution is 5.13. The second-order valence-corrected chi connectivity index (χ2v) is 5.16. The van der Waals surface area contributed by atoms with Crippen LogP contribution < -0.4 is 5.73 Å². The number of hydrogen-bond donors (Lipinski definition) is 2. The van der Waals surface area contributed by atoms with E-state index >= 15 is 0 Å². The Morgan fingerprint density at radius 1 is 1.60 bits per heavy atom. The number of aromatic nitrogens is 2. The molecule has 0 aliphatic carbocycles. The fourth-order valence-electron chi connectivity index (χ4n) is 2.06. The Morgan fingerprint density at radius 3 is 2.80 bits per heavy atom. The van der Waals surface area contributed by atoms with Crippen LogP contribution >= 0.6 is 0 Å². The molecule has 4 heteroatoms. The summed E-state index contributed by atoms with van der Waals surface area (Å²) in [4.78, 5) is 10.1. The lowest BCUT2D eigenvalue weighted by molar-refractivity contribution is 0.410. The van der Waals surface area contributed by atoms with Crippen LogP contribution in [0, 0.1) is 0 Å². The number of H-pyrrole nitrogens is 1. The summed E-state index contributed by atoms with van der Waals surface area (Å²) in [6.45, 7) is 6.23. The molecule has 1 aromatic heterocycles. The van der Waals surface area contributed by atoms with E-state index < -0.39 is 0 Å². The molecule has 0 amide bonds. The lowest BCUT2D eigenvalue weighted by Crippen LogP contribution is -2.30. The Kier molecular flexibility index (Phi) is 2.56. The van der Waals surface area contributed by atoms with Crippen LogP contribution in [-0.2, 0) is 5.54 Å².